The molecule has 0 saturated carbocycles. The summed E-state index contributed by atoms with van der Waals surface area (Å²) in [6.45, 7) is 2.63. The number of carbonyl (C=O) groups is 1. The van der Waals surface area contributed by atoms with Gasteiger partial charge in [-0.25, -0.2) is 4.98 Å². The Balaban J connectivity index is 1.48. The molecule has 0 N–H and O–H groups in total. The monoisotopic (exact) mass is 348 g/mol. The summed E-state index contributed by atoms with van der Waals surface area (Å²) in [5, 5.41) is 10.3. The lowest BCUT2D eigenvalue weighted by molar-refractivity contribution is 0.0751. The largest absolute Gasteiger partial charge is 0.352 e. The second kappa shape index (κ2) is 6.54. The molecule has 1 saturated heterocycles. The lowest BCUT2D eigenvalue weighted by atomic mass is 10.2. The Bertz CT molecular complexity index is 934. The molecule has 25 heavy (non-hydrogen) atoms. The van der Waals surface area contributed by atoms with Gasteiger partial charge in [-0.1, -0.05) is 18.2 Å². The number of thiophene rings is 1. The number of nitriles is 1. The summed E-state index contributed by atoms with van der Waals surface area (Å²) < 4.78 is 1.14. The topological polar surface area (TPSA) is 60.2 Å². The maximum Gasteiger partial charge on any atom is 0.264 e. The van der Waals surface area contributed by atoms with Gasteiger partial charge in [-0.2, -0.15) is 5.26 Å². The maximum absolute atomic E-state index is 12.8. The van der Waals surface area contributed by atoms with E-state index in [1.807, 2.05) is 35.2 Å². The molecule has 5 nitrogen and oxygen atoms in total. The van der Waals surface area contributed by atoms with Gasteiger partial charge in [0.05, 0.1) is 10.4 Å². The molecule has 0 unspecified atom stereocenters. The number of hydrogen-bond donors (Lipinski definition) is 0. The van der Waals surface area contributed by atoms with Gasteiger partial charge in [-0.05, 0) is 29.7 Å². The van der Waals surface area contributed by atoms with Gasteiger partial charge in [0.25, 0.3) is 5.91 Å². The number of aromatic nitrogens is 1. The van der Waals surface area contributed by atoms with E-state index in [1.165, 1.54) is 0 Å². The molecule has 4 rings (SSSR count). The van der Waals surface area contributed by atoms with Crippen LogP contribution in [0.5, 0.6) is 0 Å². The van der Waals surface area contributed by atoms with Crippen LogP contribution in [0.3, 0.4) is 0 Å². The Morgan fingerprint density at radius 1 is 1.12 bits per heavy atom. The first-order valence-electron chi connectivity index (χ1n) is 8.14. The Morgan fingerprint density at radius 2 is 1.92 bits per heavy atom. The van der Waals surface area contributed by atoms with Crippen LogP contribution in [0.25, 0.3) is 10.1 Å². The van der Waals surface area contributed by atoms with Crippen molar-refractivity contribution >= 4 is 33.1 Å². The minimum Gasteiger partial charge on any atom is -0.352 e. The summed E-state index contributed by atoms with van der Waals surface area (Å²) in [7, 11) is 0. The van der Waals surface area contributed by atoms with Crippen LogP contribution in [-0.4, -0.2) is 42.0 Å². The van der Waals surface area contributed by atoms with Crippen molar-refractivity contribution in [3.63, 3.8) is 0 Å². The second-order valence-corrected chi connectivity index (χ2v) is 7.00. The van der Waals surface area contributed by atoms with Crippen LogP contribution in [0.4, 0.5) is 5.82 Å². The summed E-state index contributed by atoms with van der Waals surface area (Å²) in [4.78, 5) is 21.9. The summed E-state index contributed by atoms with van der Waals surface area (Å²) in [6, 6.07) is 15.8. The molecule has 3 heterocycles. The van der Waals surface area contributed by atoms with Crippen LogP contribution in [0, 0.1) is 11.3 Å². The molecule has 1 aromatic carbocycles. The Morgan fingerprint density at radius 3 is 2.68 bits per heavy atom. The number of fused-ring (bicyclic) bond motifs is 1. The van der Waals surface area contributed by atoms with E-state index >= 15 is 0 Å². The van der Waals surface area contributed by atoms with Gasteiger partial charge in [-0.15, -0.1) is 11.3 Å². The van der Waals surface area contributed by atoms with E-state index in [2.05, 4.69) is 16.0 Å². The summed E-state index contributed by atoms with van der Waals surface area (Å²) in [6.07, 6.45) is 1.70. The molecule has 1 amide bonds. The Kier molecular flexibility index (Phi) is 4.08. The summed E-state index contributed by atoms with van der Waals surface area (Å²) in [5.41, 5.74) is 0.576. The minimum atomic E-state index is 0.0855. The number of rotatable bonds is 2. The highest BCUT2D eigenvalue weighted by atomic mass is 32.1. The predicted molar refractivity (Wildman–Crippen MR) is 98.9 cm³/mol. The van der Waals surface area contributed by atoms with E-state index in [9.17, 15) is 10.1 Å². The molecule has 1 aliphatic heterocycles. The number of benzene rings is 1. The first-order valence-corrected chi connectivity index (χ1v) is 8.96. The molecule has 0 aliphatic carbocycles. The fourth-order valence-corrected chi connectivity index (χ4v) is 4.13. The van der Waals surface area contributed by atoms with E-state index in [0.717, 1.165) is 15.0 Å². The van der Waals surface area contributed by atoms with Gasteiger partial charge >= 0.3 is 0 Å². The van der Waals surface area contributed by atoms with Gasteiger partial charge in [-0.3, -0.25) is 4.79 Å². The van der Waals surface area contributed by atoms with Crippen LogP contribution >= 0.6 is 11.3 Å². The normalized spacial score (nSPS) is 14.5. The van der Waals surface area contributed by atoms with Crippen molar-refractivity contribution in [1.82, 2.24) is 9.88 Å². The Labute approximate surface area is 149 Å². The molecule has 6 heteroatoms. The third kappa shape index (κ3) is 2.94. The van der Waals surface area contributed by atoms with Crippen molar-refractivity contribution in [2.75, 3.05) is 31.1 Å². The molecule has 124 valence electrons. The lowest BCUT2D eigenvalue weighted by Gasteiger charge is -2.35. The van der Waals surface area contributed by atoms with E-state index in [-0.39, 0.29) is 5.91 Å². The molecule has 3 aromatic rings. The minimum absolute atomic E-state index is 0.0855. The fraction of sp³-hybridized carbons (Fsp3) is 0.211. The van der Waals surface area contributed by atoms with Crippen LogP contribution in [0.15, 0.2) is 48.7 Å². The maximum atomic E-state index is 12.8. The molecule has 0 radical (unpaired) electrons. The van der Waals surface area contributed by atoms with Crippen molar-refractivity contribution in [1.29, 1.82) is 5.26 Å². The van der Waals surface area contributed by atoms with Gasteiger partial charge in [0, 0.05) is 37.1 Å². The summed E-state index contributed by atoms with van der Waals surface area (Å²) >= 11 is 1.54. The van der Waals surface area contributed by atoms with Crippen molar-refractivity contribution in [2.45, 2.75) is 0 Å². The molecule has 2 aromatic heterocycles. The van der Waals surface area contributed by atoms with Crippen LogP contribution in [-0.2, 0) is 0 Å². The van der Waals surface area contributed by atoms with Gasteiger partial charge in [0.1, 0.15) is 11.9 Å². The van der Waals surface area contributed by atoms with E-state index in [4.69, 9.17) is 0 Å². The van der Waals surface area contributed by atoms with Crippen LogP contribution < -0.4 is 4.90 Å². The molecular formula is C19H16N4OS. The van der Waals surface area contributed by atoms with Crippen LogP contribution in [0.2, 0.25) is 0 Å². The van der Waals surface area contributed by atoms with Crippen molar-refractivity contribution in [3.8, 4) is 6.07 Å². The number of amides is 1. The number of pyridine rings is 1. The quantitative estimate of drug-likeness (QED) is 0.714. The number of hydrogen-bond acceptors (Lipinski definition) is 5. The molecular weight excluding hydrogens is 332 g/mol. The zero-order valence-electron chi connectivity index (χ0n) is 13.6. The number of piperazine rings is 1. The Hall–Kier alpha value is -2.91. The molecule has 0 atom stereocenters. The lowest BCUT2D eigenvalue weighted by Crippen LogP contribution is -2.49. The SMILES string of the molecule is N#Cc1cccnc1N1CCN(C(=O)c2cc3ccccc3s2)CC1. The first kappa shape index (κ1) is 15.6. The van der Waals surface area contributed by atoms with E-state index in [1.54, 1.807) is 29.7 Å². The average Bonchev–Trinajstić information content (AvgIpc) is 3.12. The zero-order valence-corrected chi connectivity index (χ0v) is 14.4. The molecule has 0 spiro atoms. The zero-order chi connectivity index (χ0) is 17.2. The molecule has 0 bridgehead atoms. The van der Waals surface area contributed by atoms with Crippen LogP contribution in [0.1, 0.15) is 15.2 Å². The van der Waals surface area contributed by atoms with Crippen molar-refractivity contribution < 1.29 is 4.79 Å². The first-order chi connectivity index (χ1) is 12.3. The third-order valence-electron chi connectivity index (χ3n) is 4.41. The highest BCUT2D eigenvalue weighted by Crippen LogP contribution is 2.27. The van der Waals surface area contributed by atoms with Gasteiger partial charge < -0.3 is 9.80 Å². The number of carbonyl (C=O) groups excluding carboxylic acids is 1. The van der Waals surface area contributed by atoms with Crippen molar-refractivity contribution in [2.24, 2.45) is 0 Å². The molecule has 1 fully saturated rings. The predicted octanol–water partition coefficient (Wildman–Crippen LogP) is 3.13. The number of nitrogens with zero attached hydrogens (tertiary/aromatic N) is 4. The number of anilines is 1. The smallest absolute Gasteiger partial charge is 0.264 e. The van der Waals surface area contributed by atoms with Crippen molar-refractivity contribution in [3.05, 3.63) is 59.1 Å². The molecule has 1 aliphatic rings. The fourth-order valence-electron chi connectivity index (χ4n) is 3.10. The van der Waals surface area contributed by atoms with Gasteiger partial charge in [0.2, 0.25) is 0 Å². The highest BCUT2D eigenvalue weighted by Gasteiger charge is 2.25. The highest BCUT2D eigenvalue weighted by molar-refractivity contribution is 7.20. The summed E-state index contributed by atoms with van der Waals surface area (Å²) in [5.74, 6) is 0.793. The van der Waals surface area contributed by atoms with E-state index in [0.29, 0.717) is 37.6 Å². The van der Waals surface area contributed by atoms with Gasteiger partial charge in [0.15, 0.2) is 0 Å². The average molecular weight is 348 g/mol. The van der Waals surface area contributed by atoms with E-state index < -0.39 is 0 Å². The standard InChI is InChI=1S/C19H16N4OS/c20-13-15-5-3-7-21-18(15)22-8-10-23(11-9-22)19(24)17-12-14-4-1-2-6-16(14)25-17/h1-7,12H,8-11H2. The third-order valence-corrected chi connectivity index (χ3v) is 5.51. The second-order valence-electron chi connectivity index (χ2n) is 5.91.